The van der Waals surface area contributed by atoms with Crippen molar-refractivity contribution in [1.29, 1.82) is 0 Å². The molecular formula is C29H32F3N3O4S. The number of aromatic nitrogens is 1. The Bertz CT molecular complexity index is 1390. The fourth-order valence-electron chi connectivity index (χ4n) is 4.80. The summed E-state index contributed by atoms with van der Waals surface area (Å²) in [6, 6.07) is 15.1. The molecule has 2 aromatic carbocycles. The van der Waals surface area contributed by atoms with Crippen LogP contribution in [0.5, 0.6) is 0 Å². The molecule has 3 aromatic rings. The average molecular weight is 576 g/mol. The van der Waals surface area contributed by atoms with Crippen LogP contribution in [0, 0.1) is 0 Å². The van der Waals surface area contributed by atoms with Gasteiger partial charge in [0, 0.05) is 19.1 Å². The summed E-state index contributed by atoms with van der Waals surface area (Å²) < 4.78 is 68.6. The number of amides is 1. The molecular weight excluding hydrogens is 543 g/mol. The molecule has 214 valence electrons. The van der Waals surface area contributed by atoms with E-state index >= 15 is 0 Å². The smallest absolute Gasteiger partial charge is 0.380 e. The predicted molar refractivity (Wildman–Crippen MR) is 147 cm³/mol. The minimum Gasteiger partial charge on any atom is -0.380 e. The SMILES string of the molecule is CCOC[C@@H]1CC(c2ccc(C(F)(F)F)cc2)CN1c1ccc(NC(=O)Cc2ccc(S(=O)(=O)CC)cc2)cn1. The first-order valence-electron chi connectivity index (χ1n) is 13.1. The molecule has 0 saturated carbocycles. The first-order valence-corrected chi connectivity index (χ1v) is 14.7. The van der Waals surface area contributed by atoms with Crippen LogP contribution in [0.1, 0.15) is 42.9 Å². The monoisotopic (exact) mass is 575 g/mol. The molecule has 0 bridgehead atoms. The normalized spacial score (nSPS) is 17.7. The van der Waals surface area contributed by atoms with Gasteiger partial charge in [0.2, 0.25) is 5.91 Å². The van der Waals surface area contributed by atoms with Gasteiger partial charge in [-0.25, -0.2) is 13.4 Å². The maximum Gasteiger partial charge on any atom is 0.416 e. The summed E-state index contributed by atoms with van der Waals surface area (Å²) in [6.07, 6.45) is -2.02. The van der Waals surface area contributed by atoms with E-state index in [1.165, 1.54) is 24.3 Å². The molecule has 7 nitrogen and oxygen atoms in total. The lowest BCUT2D eigenvalue weighted by molar-refractivity contribution is -0.137. The highest BCUT2D eigenvalue weighted by molar-refractivity contribution is 7.91. The molecule has 4 rings (SSSR count). The van der Waals surface area contributed by atoms with Crippen LogP contribution in [0.25, 0.3) is 0 Å². The molecule has 1 aliphatic heterocycles. The number of rotatable bonds is 10. The summed E-state index contributed by atoms with van der Waals surface area (Å²) in [4.78, 5) is 19.4. The predicted octanol–water partition coefficient (Wildman–Crippen LogP) is 5.47. The Morgan fingerprint density at radius 3 is 2.33 bits per heavy atom. The molecule has 1 fully saturated rings. The van der Waals surface area contributed by atoms with Crippen molar-refractivity contribution in [2.45, 2.75) is 49.7 Å². The summed E-state index contributed by atoms with van der Waals surface area (Å²) >= 11 is 0. The topological polar surface area (TPSA) is 88.6 Å². The van der Waals surface area contributed by atoms with Crippen molar-refractivity contribution < 1.29 is 31.1 Å². The average Bonchev–Trinajstić information content (AvgIpc) is 3.36. The number of hydrogen-bond acceptors (Lipinski definition) is 6. The van der Waals surface area contributed by atoms with Gasteiger partial charge in [-0.3, -0.25) is 4.79 Å². The lowest BCUT2D eigenvalue weighted by Crippen LogP contribution is -2.33. The van der Waals surface area contributed by atoms with E-state index in [9.17, 15) is 26.4 Å². The number of benzene rings is 2. The first-order chi connectivity index (χ1) is 19.0. The molecule has 40 heavy (non-hydrogen) atoms. The zero-order valence-electron chi connectivity index (χ0n) is 22.3. The van der Waals surface area contributed by atoms with Gasteiger partial charge >= 0.3 is 6.18 Å². The van der Waals surface area contributed by atoms with Gasteiger partial charge in [0.05, 0.1) is 47.2 Å². The molecule has 0 radical (unpaired) electrons. The number of anilines is 2. The van der Waals surface area contributed by atoms with E-state index in [0.29, 0.717) is 43.2 Å². The summed E-state index contributed by atoms with van der Waals surface area (Å²) in [7, 11) is -3.30. The van der Waals surface area contributed by atoms with E-state index in [1.807, 2.05) is 6.92 Å². The Labute approximate surface area is 232 Å². The third-order valence-electron chi connectivity index (χ3n) is 6.99. The zero-order chi connectivity index (χ0) is 28.9. The van der Waals surface area contributed by atoms with Crippen molar-refractivity contribution in [2.75, 3.05) is 35.7 Å². The van der Waals surface area contributed by atoms with Crippen LogP contribution in [0.15, 0.2) is 71.8 Å². The van der Waals surface area contributed by atoms with Crippen molar-refractivity contribution >= 4 is 27.2 Å². The minimum atomic E-state index is -4.37. The molecule has 1 N–H and O–H groups in total. The van der Waals surface area contributed by atoms with Gasteiger partial charge in [-0.05, 0) is 60.9 Å². The summed E-state index contributed by atoms with van der Waals surface area (Å²) in [5.41, 5.74) is 1.36. The van der Waals surface area contributed by atoms with Crippen LogP contribution in [0.2, 0.25) is 0 Å². The van der Waals surface area contributed by atoms with Gasteiger partial charge in [0.1, 0.15) is 5.82 Å². The van der Waals surface area contributed by atoms with Crippen LogP contribution >= 0.6 is 0 Å². The second-order valence-electron chi connectivity index (χ2n) is 9.70. The molecule has 1 unspecified atom stereocenters. The fraction of sp³-hybridized carbons (Fsp3) is 0.379. The van der Waals surface area contributed by atoms with E-state index in [2.05, 4.69) is 15.2 Å². The second kappa shape index (κ2) is 12.4. The van der Waals surface area contributed by atoms with Gasteiger partial charge in [0.15, 0.2) is 9.84 Å². The van der Waals surface area contributed by atoms with E-state index in [4.69, 9.17) is 4.74 Å². The maximum absolute atomic E-state index is 13.0. The Hall–Kier alpha value is -3.44. The lowest BCUT2D eigenvalue weighted by Gasteiger charge is -2.25. The van der Waals surface area contributed by atoms with Gasteiger partial charge in [-0.15, -0.1) is 0 Å². The van der Waals surface area contributed by atoms with Gasteiger partial charge in [-0.2, -0.15) is 13.2 Å². The van der Waals surface area contributed by atoms with Gasteiger partial charge in [-0.1, -0.05) is 31.2 Å². The number of alkyl halides is 3. The molecule has 0 spiro atoms. The van der Waals surface area contributed by atoms with Crippen LogP contribution in [0.3, 0.4) is 0 Å². The van der Waals surface area contributed by atoms with Crippen molar-refractivity contribution in [3.63, 3.8) is 0 Å². The molecule has 2 heterocycles. The van der Waals surface area contributed by atoms with Crippen molar-refractivity contribution in [3.8, 4) is 0 Å². The van der Waals surface area contributed by atoms with E-state index in [0.717, 1.165) is 17.7 Å². The number of carbonyl (C=O) groups excluding carboxylic acids is 1. The third kappa shape index (κ3) is 7.19. The molecule has 2 atom stereocenters. The quantitative estimate of drug-likeness (QED) is 0.345. The Balaban J connectivity index is 1.41. The summed E-state index contributed by atoms with van der Waals surface area (Å²) in [6.45, 7) is 5.07. The molecule has 0 aliphatic carbocycles. The van der Waals surface area contributed by atoms with E-state index < -0.39 is 21.6 Å². The van der Waals surface area contributed by atoms with Crippen molar-refractivity contribution in [2.24, 2.45) is 0 Å². The van der Waals surface area contributed by atoms with Crippen LogP contribution in [-0.4, -0.2) is 50.9 Å². The highest BCUT2D eigenvalue weighted by Gasteiger charge is 2.35. The Morgan fingerprint density at radius 1 is 1.05 bits per heavy atom. The third-order valence-corrected chi connectivity index (χ3v) is 8.74. The molecule has 1 aromatic heterocycles. The molecule has 1 saturated heterocycles. The van der Waals surface area contributed by atoms with Crippen LogP contribution in [0.4, 0.5) is 24.7 Å². The zero-order valence-corrected chi connectivity index (χ0v) is 23.1. The van der Waals surface area contributed by atoms with Crippen LogP contribution in [-0.2, 0) is 32.0 Å². The number of halogens is 3. The number of ether oxygens (including phenoxy) is 1. The second-order valence-corrected chi connectivity index (χ2v) is 12.0. The molecule has 1 aliphatic rings. The maximum atomic E-state index is 13.0. The number of carbonyl (C=O) groups is 1. The van der Waals surface area contributed by atoms with Crippen molar-refractivity contribution in [1.82, 2.24) is 4.98 Å². The van der Waals surface area contributed by atoms with Gasteiger partial charge < -0.3 is 15.0 Å². The molecule has 1 amide bonds. The minimum absolute atomic E-state index is 0.000298. The summed E-state index contributed by atoms with van der Waals surface area (Å²) in [5.74, 6) is 0.450. The van der Waals surface area contributed by atoms with Crippen molar-refractivity contribution in [3.05, 3.63) is 83.6 Å². The summed E-state index contributed by atoms with van der Waals surface area (Å²) in [5, 5.41) is 2.81. The highest BCUT2D eigenvalue weighted by Crippen LogP contribution is 2.36. The Morgan fingerprint density at radius 2 is 1.75 bits per heavy atom. The number of nitrogens with one attached hydrogen (secondary N) is 1. The first kappa shape index (κ1) is 29.5. The number of hydrogen-bond donors (Lipinski definition) is 1. The van der Waals surface area contributed by atoms with E-state index in [-0.39, 0.29) is 34.9 Å². The number of nitrogens with zero attached hydrogens (tertiary/aromatic N) is 2. The standard InChI is InChI=1S/C29H32F3N3O4S/c1-3-39-19-25-16-22(21-7-9-23(10-8-21)29(30,31)32)18-35(25)27-14-11-24(17-33-27)34-28(36)15-20-5-12-26(13-6-20)40(37,38)4-2/h5-14,17,22,25H,3-4,15-16,18-19H2,1-2H3,(H,34,36)/t22?,25-/m0/s1. The van der Waals surface area contributed by atoms with Crippen LogP contribution < -0.4 is 10.2 Å². The number of sulfone groups is 1. The fourth-order valence-corrected chi connectivity index (χ4v) is 5.68. The largest absolute Gasteiger partial charge is 0.416 e. The highest BCUT2D eigenvalue weighted by atomic mass is 32.2. The van der Waals surface area contributed by atoms with Gasteiger partial charge in [0.25, 0.3) is 0 Å². The lowest BCUT2D eigenvalue weighted by atomic mass is 9.95. The van der Waals surface area contributed by atoms with E-state index in [1.54, 1.807) is 37.4 Å². The Kier molecular flexibility index (Phi) is 9.15. The number of pyridine rings is 1. The molecule has 11 heteroatoms.